The summed E-state index contributed by atoms with van der Waals surface area (Å²) in [4.78, 5) is 9.73. The molecule has 0 atom stereocenters. The lowest BCUT2D eigenvalue weighted by Gasteiger charge is -2.39. The summed E-state index contributed by atoms with van der Waals surface area (Å²) in [6.07, 6.45) is -12.0. The van der Waals surface area contributed by atoms with Gasteiger partial charge in [0, 0.05) is 12.8 Å². The molecule has 0 N–H and O–H groups in total. The fourth-order valence-corrected chi connectivity index (χ4v) is 1.20. The third kappa shape index (κ3) is 3.07. The van der Waals surface area contributed by atoms with Gasteiger partial charge in [-0.2, -0.15) is 57.1 Å². The van der Waals surface area contributed by atoms with Crippen molar-refractivity contribution in [2.75, 3.05) is 0 Å². The molecule has 0 saturated carbocycles. The lowest BCUT2D eigenvalue weighted by molar-refractivity contribution is -0.440. The lowest BCUT2D eigenvalue weighted by atomic mass is 9.92. The smallest absolute Gasteiger partial charge is 0.303 e. The van der Waals surface area contributed by atoms with Crippen LogP contribution in [0.2, 0.25) is 0 Å². The first-order valence-electron chi connectivity index (χ1n) is 5.20. The van der Waals surface area contributed by atoms with Gasteiger partial charge in [-0.25, -0.2) is 0 Å². The maximum Gasteiger partial charge on any atom is 0.460 e. The topological polar surface area (TPSA) is 17.1 Å². The van der Waals surface area contributed by atoms with Gasteiger partial charge >= 0.3 is 35.8 Å². The average molecular weight is 376 g/mol. The Hall–Kier alpha value is -1.24. The number of hydrogen-bond donors (Lipinski definition) is 0. The van der Waals surface area contributed by atoms with Crippen LogP contribution in [0.4, 0.5) is 57.1 Å². The Kier molecular flexibility index (Phi) is 5.38. The summed E-state index contributed by atoms with van der Waals surface area (Å²) in [5.74, 6) is -36.9. The summed E-state index contributed by atoms with van der Waals surface area (Å²) in [5.41, 5.74) is 0. The second kappa shape index (κ2) is 5.69. The molecule has 0 aliphatic rings. The molecule has 0 heterocycles. The summed E-state index contributed by atoms with van der Waals surface area (Å²) < 4.78 is 163. The molecule has 0 radical (unpaired) electrons. The molecule has 0 amide bonds. The van der Waals surface area contributed by atoms with E-state index in [1.165, 1.54) is 0 Å². The van der Waals surface area contributed by atoms with Crippen molar-refractivity contribution in [1.82, 2.24) is 0 Å². The quantitative estimate of drug-likeness (QED) is 0.465. The molecule has 0 aromatic rings. The molecular formula is C9H5F13O. The van der Waals surface area contributed by atoms with Gasteiger partial charge in [0.05, 0.1) is 0 Å². The van der Waals surface area contributed by atoms with Gasteiger partial charge < -0.3 is 4.79 Å². The maximum atomic E-state index is 12.9. The van der Waals surface area contributed by atoms with Crippen LogP contribution >= 0.6 is 0 Å². The first-order chi connectivity index (χ1) is 9.81. The first kappa shape index (κ1) is 21.8. The van der Waals surface area contributed by atoms with Gasteiger partial charge in [-0.05, 0) is 0 Å². The molecule has 14 heteroatoms. The number of carbonyl (C=O) groups is 1. The number of hydrogen-bond acceptors (Lipinski definition) is 1. The molecule has 0 spiro atoms. The fraction of sp³-hybridized carbons (Fsp3) is 0.889. The van der Waals surface area contributed by atoms with Crippen molar-refractivity contribution in [1.29, 1.82) is 0 Å². The van der Waals surface area contributed by atoms with Gasteiger partial charge in [0.2, 0.25) is 0 Å². The molecule has 0 saturated heterocycles. The first-order valence-corrected chi connectivity index (χ1v) is 5.20. The third-order valence-corrected chi connectivity index (χ3v) is 2.57. The van der Waals surface area contributed by atoms with Crippen molar-refractivity contribution in [2.24, 2.45) is 0 Å². The van der Waals surface area contributed by atoms with E-state index in [-0.39, 0.29) is 0 Å². The van der Waals surface area contributed by atoms with Crippen molar-refractivity contribution in [3.05, 3.63) is 0 Å². The molecule has 0 fully saturated rings. The van der Waals surface area contributed by atoms with Crippen LogP contribution in [0.1, 0.15) is 12.8 Å². The Morgan fingerprint density at radius 3 is 1.22 bits per heavy atom. The van der Waals surface area contributed by atoms with Crippen LogP contribution < -0.4 is 0 Å². The predicted molar refractivity (Wildman–Crippen MR) is 46.1 cm³/mol. The van der Waals surface area contributed by atoms with E-state index >= 15 is 0 Å². The Balaban J connectivity index is 6.08. The highest BCUT2D eigenvalue weighted by atomic mass is 19.4. The summed E-state index contributed by atoms with van der Waals surface area (Å²) >= 11 is 0. The number of carbonyl (C=O) groups excluding carboxylic acids is 1. The zero-order chi connectivity index (χ0) is 19.1. The molecule has 0 unspecified atom stereocenters. The largest absolute Gasteiger partial charge is 0.460 e. The monoisotopic (exact) mass is 376 g/mol. The molecule has 23 heavy (non-hydrogen) atoms. The predicted octanol–water partition coefficient (Wildman–Crippen LogP) is 4.70. The summed E-state index contributed by atoms with van der Waals surface area (Å²) in [6, 6.07) is 0. The highest BCUT2D eigenvalue weighted by Crippen LogP contribution is 2.60. The number of halogens is 13. The van der Waals surface area contributed by atoms with Gasteiger partial charge in [-0.3, -0.25) is 0 Å². The van der Waals surface area contributed by atoms with Crippen LogP contribution in [0.5, 0.6) is 0 Å². The van der Waals surface area contributed by atoms with Crippen LogP contribution in [0, 0.1) is 0 Å². The van der Waals surface area contributed by atoms with Gasteiger partial charge in [-0.15, -0.1) is 0 Å². The maximum absolute atomic E-state index is 12.9. The minimum Gasteiger partial charge on any atom is -0.303 e. The van der Waals surface area contributed by atoms with E-state index in [1.807, 2.05) is 0 Å². The SMILES string of the molecule is O=CCCC(F)(F)C(F)(F)C(F)(F)C(F)(F)C(F)(F)C(F)(F)F. The lowest BCUT2D eigenvalue weighted by Crippen LogP contribution is -2.70. The van der Waals surface area contributed by atoms with Crippen molar-refractivity contribution in [3.63, 3.8) is 0 Å². The number of alkyl halides is 13. The second-order valence-corrected chi connectivity index (χ2v) is 4.21. The van der Waals surface area contributed by atoms with Crippen molar-refractivity contribution in [3.8, 4) is 0 Å². The number of rotatable bonds is 7. The number of aldehydes is 1. The standard InChI is InChI=1S/C9H5F13O/c10-4(11,2-1-3-23)5(12,13)6(14,15)7(16,17)8(18,19)9(20,21)22/h3H,1-2H2. The van der Waals surface area contributed by atoms with E-state index in [1.54, 1.807) is 0 Å². The highest BCUT2D eigenvalue weighted by Gasteiger charge is 2.90. The van der Waals surface area contributed by atoms with Crippen LogP contribution in [0.3, 0.4) is 0 Å². The fourth-order valence-electron chi connectivity index (χ4n) is 1.20. The molecule has 1 nitrogen and oxygen atoms in total. The van der Waals surface area contributed by atoms with Crippen molar-refractivity contribution in [2.45, 2.75) is 48.6 Å². The van der Waals surface area contributed by atoms with Crippen LogP contribution in [0.15, 0.2) is 0 Å². The van der Waals surface area contributed by atoms with E-state index in [0.717, 1.165) is 0 Å². The van der Waals surface area contributed by atoms with Crippen molar-refractivity contribution >= 4 is 6.29 Å². The van der Waals surface area contributed by atoms with E-state index in [9.17, 15) is 61.9 Å². The Labute approximate surface area is 118 Å². The van der Waals surface area contributed by atoms with Gasteiger partial charge in [0.25, 0.3) is 0 Å². The summed E-state index contributed by atoms with van der Waals surface area (Å²) in [6.45, 7) is 0. The van der Waals surface area contributed by atoms with Crippen LogP contribution in [-0.2, 0) is 4.79 Å². The Bertz CT molecular complexity index is 435. The van der Waals surface area contributed by atoms with E-state index in [2.05, 4.69) is 0 Å². The van der Waals surface area contributed by atoms with Gasteiger partial charge in [0.15, 0.2) is 0 Å². The molecule has 0 rings (SSSR count). The molecule has 0 aromatic carbocycles. The molecule has 0 aliphatic heterocycles. The molecule has 0 aliphatic carbocycles. The zero-order valence-electron chi connectivity index (χ0n) is 10.3. The Morgan fingerprint density at radius 1 is 0.565 bits per heavy atom. The van der Waals surface area contributed by atoms with E-state index in [0.29, 0.717) is 0 Å². The zero-order valence-corrected chi connectivity index (χ0v) is 10.3. The van der Waals surface area contributed by atoms with Crippen LogP contribution in [0.25, 0.3) is 0 Å². The second-order valence-electron chi connectivity index (χ2n) is 4.21. The van der Waals surface area contributed by atoms with E-state index in [4.69, 9.17) is 0 Å². The molecule has 0 aromatic heterocycles. The van der Waals surface area contributed by atoms with Gasteiger partial charge in [-0.1, -0.05) is 0 Å². The summed E-state index contributed by atoms with van der Waals surface area (Å²) in [7, 11) is 0. The normalized spacial score (nSPS) is 15.7. The molecular weight excluding hydrogens is 371 g/mol. The average Bonchev–Trinajstić information content (AvgIpc) is 2.34. The van der Waals surface area contributed by atoms with E-state index < -0.39 is 54.9 Å². The molecule has 0 bridgehead atoms. The van der Waals surface area contributed by atoms with Crippen molar-refractivity contribution < 1.29 is 61.9 Å². The third-order valence-electron chi connectivity index (χ3n) is 2.57. The summed E-state index contributed by atoms with van der Waals surface area (Å²) in [5, 5.41) is 0. The van der Waals surface area contributed by atoms with Gasteiger partial charge in [0.1, 0.15) is 6.29 Å². The minimum atomic E-state index is -7.90. The Morgan fingerprint density at radius 2 is 0.913 bits per heavy atom. The highest BCUT2D eigenvalue weighted by molar-refractivity contribution is 5.49. The van der Waals surface area contributed by atoms with Crippen LogP contribution in [-0.4, -0.2) is 42.1 Å². The minimum absolute atomic E-state index is 0.509. The molecule has 138 valence electrons.